The molecule has 10 nitrogen and oxygen atoms in total. The number of amidine groups is 1. The highest BCUT2D eigenvalue weighted by Crippen LogP contribution is 2.25. The second kappa shape index (κ2) is 4.91. The Balaban J connectivity index is 2.25. The Morgan fingerprint density at radius 3 is 2.84 bits per heavy atom. The molecular weight excluding hydrogens is 258 g/mol. The van der Waals surface area contributed by atoms with E-state index in [4.69, 9.17) is 21.0 Å². The van der Waals surface area contributed by atoms with Gasteiger partial charge in [0.1, 0.15) is 12.3 Å². The first-order valence-corrected chi connectivity index (χ1v) is 5.45. The quantitative estimate of drug-likeness (QED) is 0.208. The largest absolute Gasteiger partial charge is 0.394 e. The highest BCUT2D eigenvalue weighted by Gasteiger charge is 2.46. The summed E-state index contributed by atoms with van der Waals surface area (Å²) in [6.45, 7) is -0.416. The normalized spacial score (nSPS) is 33.1. The summed E-state index contributed by atoms with van der Waals surface area (Å²) >= 11 is 0. The molecule has 0 aromatic heterocycles. The van der Waals surface area contributed by atoms with Crippen LogP contribution in [-0.2, 0) is 9.53 Å². The van der Waals surface area contributed by atoms with Gasteiger partial charge in [0, 0.05) is 6.42 Å². The maximum Gasteiger partial charge on any atom is 0.332 e. The summed E-state index contributed by atoms with van der Waals surface area (Å²) in [6, 6.07) is -0.777. The number of hydrogen-bond donors (Lipinski definition) is 5. The summed E-state index contributed by atoms with van der Waals surface area (Å²) in [5, 5.41) is 27.6. The third-order valence-corrected chi connectivity index (χ3v) is 2.77. The molecule has 0 radical (unpaired) electrons. The van der Waals surface area contributed by atoms with Gasteiger partial charge in [-0.2, -0.15) is 4.99 Å². The number of carbonyl (C=O) groups is 2. The molecular formula is C9H13N5O5. The van der Waals surface area contributed by atoms with Gasteiger partial charge in [-0.3, -0.25) is 15.5 Å². The molecule has 104 valence electrons. The molecule has 0 unspecified atom stereocenters. The van der Waals surface area contributed by atoms with E-state index >= 15 is 0 Å². The van der Waals surface area contributed by atoms with Gasteiger partial charge in [-0.15, -0.1) is 0 Å². The zero-order valence-electron chi connectivity index (χ0n) is 9.74. The Morgan fingerprint density at radius 2 is 2.32 bits per heavy atom. The molecule has 2 fully saturated rings. The third-order valence-electron chi connectivity index (χ3n) is 2.77. The Bertz CT molecular complexity index is 464. The van der Waals surface area contributed by atoms with Gasteiger partial charge in [-0.05, 0) is 0 Å². The maximum absolute atomic E-state index is 11.6. The van der Waals surface area contributed by atoms with Crippen LogP contribution in [0.1, 0.15) is 6.42 Å². The van der Waals surface area contributed by atoms with Crippen LogP contribution in [-0.4, -0.2) is 63.9 Å². The number of aliphatic imine (C=N–C) groups is 1. The van der Waals surface area contributed by atoms with Crippen molar-refractivity contribution in [1.29, 1.82) is 5.41 Å². The lowest BCUT2D eigenvalue weighted by Crippen LogP contribution is -2.41. The molecule has 3 atom stereocenters. The number of carbonyl (C=O) groups excluding carboxylic acids is 2. The first-order chi connectivity index (χ1) is 8.93. The van der Waals surface area contributed by atoms with Crippen molar-refractivity contribution in [1.82, 2.24) is 10.2 Å². The minimum atomic E-state index is -0.961. The number of imide groups is 1. The summed E-state index contributed by atoms with van der Waals surface area (Å²) in [5.41, 5.74) is 5.07. The molecule has 2 heterocycles. The predicted octanol–water partition coefficient (Wildman–Crippen LogP) is -2.70. The van der Waals surface area contributed by atoms with Crippen molar-refractivity contribution >= 4 is 23.7 Å². The van der Waals surface area contributed by atoms with Crippen molar-refractivity contribution in [2.45, 2.75) is 24.9 Å². The Kier molecular flexibility index (Phi) is 3.46. The first kappa shape index (κ1) is 13.4. The third kappa shape index (κ3) is 2.41. The predicted molar refractivity (Wildman–Crippen MR) is 61.1 cm³/mol. The van der Waals surface area contributed by atoms with Crippen LogP contribution in [0.2, 0.25) is 0 Å². The van der Waals surface area contributed by atoms with Gasteiger partial charge in [-0.1, -0.05) is 0 Å². The zero-order valence-corrected chi connectivity index (χ0v) is 9.74. The number of ether oxygens (including phenoxy) is 1. The minimum Gasteiger partial charge on any atom is -0.394 e. The number of nitrogens with zero attached hydrogens (tertiary/aromatic N) is 2. The molecule has 3 amide bonds. The Labute approximate surface area is 107 Å². The number of nitrogens with one attached hydrogen (secondary N) is 2. The summed E-state index contributed by atoms with van der Waals surface area (Å²) in [5.74, 6) is -1.80. The van der Waals surface area contributed by atoms with Crippen molar-refractivity contribution < 1.29 is 24.5 Å². The fourth-order valence-corrected chi connectivity index (χ4v) is 1.94. The van der Waals surface area contributed by atoms with E-state index in [0.29, 0.717) is 0 Å². The SMILES string of the molecule is N=C(N)/N=C1\C(=O)NC(=O)N1[C@H]1C[C@H](O)[C@@H](CO)O1. The van der Waals surface area contributed by atoms with Crippen LogP contribution >= 0.6 is 0 Å². The molecule has 2 saturated heterocycles. The molecule has 19 heavy (non-hydrogen) atoms. The van der Waals surface area contributed by atoms with E-state index < -0.39 is 42.9 Å². The van der Waals surface area contributed by atoms with Crippen molar-refractivity contribution in [3.8, 4) is 0 Å². The van der Waals surface area contributed by atoms with Gasteiger partial charge in [-0.25, -0.2) is 9.69 Å². The number of hydrogen-bond acceptors (Lipinski definition) is 6. The summed E-state index contributed by atoms with van der Waals surface area (Å²) in [6.07, 6.45) is -2.73. The number of rotatable bonds is 2. The standard InChI is InChI=1S/C9H13N5O5/c10-8(11)12-6-7(17)13-9(18)14(6)5-1-3(16)4(2-15)19-5/h3-5,15-16H,1-2H2,(H3,10,11)(H,13,17,18)/b12-6+/t3-,4+,5+/m0/s1. The van der Waals surface area contributed by atoms with Gasteiger partial charge < -0.3 is 20.7 Å². The molecule has 2 aliphatic rings. The lowest BCUT2D eigenvalue weighted by Gasteiger charge is -2.21. The first-order valence-electron chi connectivity index (χ1n) is 5.45. The van der Waals surface area contributed by atoms with Crippen LogP contribution in [0.3, 0.4) is 0 Å². The van der Waals surface area contributed by atoms with Gasteiger partial charge in [0.05, 0.1) is 12.7 Å². The average Bonchev–Trinajstić information content (AvgIpc) is 2.80. The fourth-order valence-electron chi connectivity index (χ4n) is 1.94. The van der Waals surface area contributed by atoms with Crippen molar-refractivity contribution in [3.63, 3.8) is 0 Å². The summed E-state index contributed by atoms with van der Waals surface area (Å²) in [7, 11) is 0. The number of amides is 3. The van der Waals surface area contributed by atoms with Crippen molar-refractivity contribution in [2.24, 2.45) is 10.7 Å². The molecule has 0 aromatic rings. The van der Waals surface area contributed by atoms with Crippen molar-refractivity contribution in [3.05, 3.63) is 0 Å². The van der Waals surface area contributed by atoms with E-state index in [1.54, 1.807) is 0 Å². The highest BCUT2D eigenvalue weighted by molar-refractivity contribution is 6.48. The van der Waals surface area contributed by atoms with Crippen LogP contribution < -0.4 is 11.1 Å². The molecule has 0 aliphatic carbocycles. The Hall–Kier alpha value is -2.04. The molecule has 0 saturated carbocycles. The zero-order chi connectivity index (χ0) is 14.2. The number of urea groups is 1. The van der Waals surface area contributed by atoms with Gasteiger partial charge in [0.15, 0.2) is 0 Å². The lowest BCUT2D eigenvalue weighted by molar-refractivity contribution is -0.113. The summed E-state index contributed by atoms with van der Waals surface area (Å²) in [4.78, 5) is 27.5. The van der Waals surface area contributed by atoms with Crippen LogP contribution in [0.5, 0.6) is 0 Å². The lowest BCUT2D eigenvalue weighted by atomic mass is 10.2. The molecule has 2 aliphatic heterocycles. The van der Waals surface area contributed by atoms with Crippen LogP contribution in [0.25, 0.3) is 0 Å². The van der Waals surface area contributed by atoms with E-state index in [-0.39, 0.29) is 12.3 Å². The smallest absolute Gasteiger partial charge is 0.332 e. The number of aliphatic hydroxyl groups is 2. The monoisotopic (exact) mass is 271 g/mol. The average molecular weight is 271 g/mol. The minimum absolute atomic E-state index is 0.0167. The summed E-state index contributed by atoms with van der Waals surface area (Å²) < 4.78 is 5.26. The number of guanidine groups is 1. The molecule has 0 aromatic carbocycles. The van der Waals surface area contributed by atoms with Crippen LogP contribution in [0.4, 0.5) is 4.79 Å². The molecule has 10 heteroatoms. The second-order valence-corrected chi connectivity index (χ2v) is 4.06. The van der Waals surface area contributed by atoms with E-state index in [1.807, 2.05) is 5.32 Å². The van der Waals surface area contributed by atoms with E-state index in [2.05, 4.69) is 4.99 Å². The van der Waals surface area contributed by atoms with Crippen LogP contribution in [0.15, 0.2) is 4.99 Å². The topological polar surface area (TPSA) is 161 Å². The fraction of sp³-hybridized carbons (Fsp3) is 0.556. The van der Waals surface area contributed by atoms with Gasteiger partial charge >= 0.3 is 6.03 Å². The number of aliphatic hydroxyl groups excluding tert-OH is 2. The van der Waals surface area contributed by atoms with Crippen LogP contribution in [0, 0.1) is 5.41 Å². The molecule has 0 bridgehead atoms. The second-order valence-electron chi connectivity index (χ2n) is 4.06. The maximum atomic E-state index is 11.6. The highest BCUT2D eigenvalue weighted by atomic mass is 16.5. The molecule has 6 N–H and O–H groups in total. The van der Waals surface area contributed by atoms with Crippen molar-refractivity contribution in [2.75, 3.05) is 6.61 Å². The van der Waals surface area contributed by atoms with Gasteiger partial charge in [0.25, 0.3) is 5.91 Å². The Morgan fingerprint density at radius 1 is 1.63 bits per heavy atom. The van der Waals surface area contributed by atoms with E-state index in [9.17, 15) is 14.7 Å². The van der Waals surface area contributed by atoms with Gasteiger partial charge in [0.2, 0.25) is 11.8 Å². The van der Waals surface area contributed by atoms with E-state index in [1.165, 1.54) is 0 Å². The molecule has 2 rings (SSSR count). The molecule has 0 spiro atoms. The number of nitrogens with two attached hydrogens (primary N) is 1. The van der Waals surface area contributed by atoms with E-state index in [0.717, 1.165) is 4.90 Å².